The van der Waals surface area contributed by atoms with Crippen molar-refractivity contribution in [1.29, 1.82) is 0 Å². The topological polar surface area (TPSA) is 28.1 Å². The molecule has 0 N–H and O–H groups in total. The first-order valence-corrected chi connectivity index (χ1v) is 9.00. The molecular formula is C16H16BrN3OS. The largest absolute Gasteiger partial charge is 0.453 e. The van der Waals surface area contributed by atoms with Crippen molar-refractivity contribution < 1.29 is 4.74 Å². The summed E-state index contributed by atoms with van der Waals surface area (Å²) in [4.78, 5) is 9.65. The van der Waals surface area contributed by atoms with Gasteiger partial charge in [-0.3, -0.25) is 0 Å². The third-order valence-corrected chi connectivity index (χ3v) is 5.25. The number of fused-ring (bicyclic) bond motifs is 2. The van der Waals surface area contributed by atoms with Gasteiger partial charge in [0.2, 0.25) is 0 Å². The second-order valence-electron chi connectivity index (χ2n) is 5.59. The standard InChI is InChI=1S/C16H16BrN3OS/c1-19-4-6-20(7-5-19)16-12-9-22-10-15(12)21-14-3-2-11(17)8-13(14)18-16/h2-3,8-10H,4-7H2,1H3. The van der Waals surface area contributed by atoms with Crippen LogP contribution in [0.5, 0.6) is 11.5 Å². The number of rotatable bonds is 0. The molecule has 4 rings (SSSR count). The third kappa shape index (κ3) is 2.55. The van der Waals surface area contributed by atoms with E-state index in [1.807, 2.05) is 18.2 Å². The predicted octanol–water partition coefficient (Wildman–Crippen LogP) is 3.94. The molecule has 0 amide bonds. The molecular weight excluding hydrogens is 362 g/mol. The number of aliphatic imine (C=N–C) groups is 1. The van der Waals surface area contributed by atoms with Gasteiger partial charge in [-0.05, 0) is 25.2 Å². The van der Waals surface area contributed by atoms with Gasteiger partial charge in [0, 0.05) is 41.4 Å². The molecule has 114 valence electrons. The fourth-order valence-electron chi connectivity index (χ4n) is 2.74. The zero-order valence-electron chi connectivity index (χ0n) is 12.3. The number of hydrogen-bond donors (Lipinski definition) is 0. The van der Waals surface area contributed by atoms with Gasteiger partial charge in [-0.2, -0.15) is 0 Å². The molecule has 1 saturated heterocycles. The van der Waals surface area contributed by atoms with Crippen LogP contribution in [0, 0.1) is 0 Å². The summed E-state index contributed by atoms with van der Waals surface area (Å²) in [5.74, 6) is 2.75. The van der Waals surface area contributed by atoms with Crippen molar-refractivity contribution in [3.8, 4) is 11.5 Å². The lowest BCUT2D eigenvalue weighted by Crippen LogP contribution is -2.47. The molecule has 0 spiro atoms. The Morgan fingerprint density at radius 2 is 1.95 bits per heavy atom. The van der Waals surface area contributed by atoms with E-state index in [4.69, 9.17) is 9.73 Å². The van der Waals surface area contributed by atoms with E-state index in [0.717, 1.165) is 59.2 Å². The molecule has 2 aliphatic rings. The van der Waals surface area contributed by atoms with Crippen molar-refractivity contribution in [2.24, 2.45) is 4.99 Å². The Bertz CT molecular complexity index is 735. The van der Waals surface area contributed by atoms with Crippen LogP contribution in [0.3, 0.4) is 0 Å². The lowest BCUT2D eigenvalue weighted by atomic mass is 10.2. The van der Waals surface area contributed by atoms with E-state index in [-0.39, 0.29) is 0 Å². The number of halogens is 1. The fraction of sp³-hybridized carbons (Fsp3) is 0.312. The summed E-state index contributed by atoms with van der Waals surface area (Å²) in [6.45, 7) is 4.11. The Balaban J connectivity index is 1.80. The van der Waals surface area contributed by atoms with E-state index in [2.05, 4.69) is 43.5 Å². The van der Waals surface area contributed by atoms with Gasteiger partial charge < -0.3 is 14.5 Å². The number of likely N-dealkylation sites (N-methyl/N-ethyl adjacent to an activating group) is 1. The summed E-state index contributed by atoms with van der Waals surface area (Å²) in [6, 6.07) is 5.97. The lowest BCUT2D eigenvalue weighted by Gasteiger charge is -2.34. The fourth-order valence-corrected chi connectivity index (χ4v) is 3.82. The summed E-state index contributed by atoms with van der Waals surface area (Å²) in [6.07, 6.45) is 0. The first kappa shape index (κ1) is 14.2. The quantitative estimate of drug-likeness (QED) is 0.695. The van der Waals surface area contributed by atoms with Crippen molar-refractivity contribution in [1.82, 2.24) is 9.80 Å². The molecule has 0 bridgehead atoms. The minimum atomic E-state index is 0.812. The molecule has 22 heavy (non-hydrogen) atoms. The molecule has 0 radical (unpaired) electrons. The first-order chi connectivity index (χ1) is 10.7. The van der Waals surface area contributed by atoms with Gasteiger partial charge in [-0.1, -0.05) is 15.9 Å². The zero-order chi connectivity index (χ0) is 15.1. The van der Waals surface area contributed by atoms with Gasteiger partial charge in [0.1, 0.15) is 17.3 Å². The van der Waals surface area contributed by atoms with Crippen LogP contribution in [0.15, 0.2) is 38.4 Å². The van der Waals surface area contributed by atoms with Crippen LogP contribution < -0.4 is 4.74 Å². The molecule has 0 saturated carbocycles. The number of thiophene rings is 1. The lowest BCUT2D eigenvalue weighted by molar-refractivity contribution is 0.216. The Hall–Kier alpha value is -1.37. The Kier molecular flexibility index (Phi) is 3.68. The van der Waals surface area contributed by atoms with E-state index < -0.39 is 0 Å². The molecule has 0 aliphatic carbocycles. The van der Waals surface area contributed by atoms with E-state index in [9.17, 15) is 0 Å². The average Bonchev–Trinajstić information content (AvgIpc) is 2.91. The molecule has 3 heterocycles. The molecule has 1 aromatic heterocycles. The van der Waals surface area contributed by atoms with E-state index in [0.29, 0.717) is 0 Å². The number of hydrogen-bond acceptors (Lipinski definition) is 5. The summed E-state index contributed by atoms with van der Waals surface area (Å²) < 4.78 is 7.09. The van der Waals surface area contributed by atoms with Gasteiger partial charge in [-0.15, -0.1) is 11.3 Å². The number of ether oxygens (including phenoxy) is 1. The van der Waals surface area contributed by atoms with Crippen LogP contribution in [-0.4, -0.2) is 48.9 Å². The predicted molar refractivity (Wildman–Crippen MR) is 93.8 cm³/mol. The van der Waals surface area contributed by atoms with Crippen LogP contribution in [0.1, 0.15) is 5.56 Å². The highest BCUT2D eigenvalue weighted by atomic mass is 79.9. The van der Waals surface area contributed by atoms with E-state index in [1.54, 1.807) is 11.3 Å². The summed E-state index contributed by atoms with van der Waals surface area (Å²) in [5.41, 5.74) is 1.98. The van der Waals surface area contributed by atoms with Crippen LogP contribution in [0.2, 0.25) is 0 Å². The number of nitrogens with zero attached hydrogens (tertiary/aromatic N) is 3. The van der Waals surface area contributed by atoms with E-state index in [1.165, 1.54) is 0 Å². The first-order valence-electron chi connectivity index (χ1n) is 7.27. The second kappa shape index (κ2) is 5.68. The minimum absolute atomic E-state index is 0.812. The maximum Gasteiger partial charge on any atom is 0.153 e. The van der Waals surface area contributed by atoms with Gasteiger partial charge in [-0.25, -0.2) is 4.99 Å². The molecule has 6 heteroatoms. The summed E-state index contributed by atoms with van der Waals surface area (Å²) in [5, 5.41) is 4.19. The number of benzene rings is 1. The molecule has 1 aromatic carbocycles. The Labute approximate surface area is 142 Å². The molecule has 4 nitrogen and oxygen atoms in total. The average molecular weight is 378 g/mol. The van der Waals surface area contributed by atoms with Crippen LogP contribution >= 0.6 is 27.3 Å². The molecule has 1 fully saturated rings. The monoisotopic (exact) mass is 377 g/mol. The molecule has 0 unspecified atom stereocenters. The van der Waals surface area contributed by atoms with Gasteiger partial charge in [0.15, 0.2) is 5.75 Å². The van der Waals surface area contributed by atoms with Crippen LogP contribution in [-0.2, 0) is 0 Å². The number of piperazine rings is 1. The Morgan fingerprint density at radius 1 is 1.14 bits per heavy atom. The second-order valence-corrected chi connectivity index (χ2v) is 7.25. The molecule has 2 aromatic rings. The molecule has 2 aliphatic heterocycles. The maximum absolute atomic E-state index is 6.08. The normalized spacial score (nSPS) is 18.1. The summed E-state index contributed by atoms with van der Waals surface area (Å²) in [7, 11) is 2.16. The van der Waals surface area contributed by atoms with Crippen molar-refractivity contribution in [2.75, 3.05) is 33.2 Å². The van der Waals surface area contributed by atoms with Crippen LogP contribution in [0.4, 0.5) is 5.69 Å². The van der Waals surface area contributed by atoms with Crippen molar-refractivity contribution >= 4 is 38.8 Å². The van der Waals surface area contributed by atoms with Crippen LogP contribution in [0.25, 0.3) is 0 Å². The highest BCUT2D eigenvalue weighted by Gasteiger charge is 2.25. The minimum Gasteiger partial charge on any atom is -0.453 e. The smallest absolute Gasteiger partial charge is 0.153 e. The van der Waals surface area contributed by atoms with Gasteiger partial charge >= 0.3 is 0 Å². The maximum atomic E-state index is 6.08. The number of amidine groups is 1. The Morgan fingerprint density at radius 3 is 2.77 bits per heavy atom. The highest BCUT2D eigenvalue weighted by molar-refractivity contribution is 9.10. The van der Waals surface area contributed by atoms with Crippen molar-refractivity contribution in [3.63, 3.8) is 0 Å². The van der Waals surface area contributed by atoms with Crippen molar-refractivity contribution in [2.45, 2.75) is 0 Å². The van der Waals surface area contributed by atoms with Crippen molar-refractivity contribution in [3.05, 3.63) is 39.0 Å². The zero-order valence-corrected chi connectivity index (χ0v) is 14.7. The van der Waals surface area contributed by atoms with Gasteiger partial charge in [0.25, 0.3) is 0 Å². The SMILES string of the molecule is CN1CCN(C2=Nc3cc(Br)ccc3Oc3cscc32)CC1. The van der Waals surface area contributed by atoms with E-state index >= 15 is 0 Å². The highest BCUT2D eigenvalue weighted by Crippen LogP contribution is 2.41. The van der Waals surface area contributed by atoms with Gasteiger partial charge in [0.05, 0.1) is 5.56 Å². The molecule has 0 atom stereocenters. The third-order valence-electron chi connectivity index (χ3n) is 4.04. The summed E-state index contributed by atoms with van der Waals surface area (Å²) >= 11 is 5.18.